The Morgan fingerprint density at radius 3 is 2.46 bits per heavy atom. The molecule has 1 fully saturated rings. The van der Waals surface area contributed by atoms with Gasteiger partial charge in [0, 0.05) is 3.57 Å². The number of amidine groups is 1. The lowest BCUT2D eigenvalue weighted by atomic mass is 10.2. The maximum absolute atomic E-state index is 12.6. The van der Waals surface area contributed by atoms with E-state index in [4.69, 9.17) is 14.2 Å². The van der Waals surface area contributed by atoms with Crippen molar-refractivity contribution in [1.29, 1.82) is 0 Å². The van der Waals surface area contributed by atoms with Crippen LogP contribution in [-0.4, -0.2) is 24.8 Å². The van der Waals surface area contributed by atoms with Gasteiger partial charge < -0.3 is 19.5 Å². The number of hydrogen-bond donors (Lipinski definition) is 1. The fourth-order valence-electron chi connectivity index (χ4n) is 3.22. The molecule has 1 aliphatic heterocycles. The summed E-state index contributed by atoms with van der Waals surface area (Å²) >= 11 is 5.82. The molecule has 3 aromatic carbocycles. The lowest BCUT2D eigenvalue weighted by Crippen LogP contribution is -2.19. The summed E-state index contributed by atoms with van der Waals surface area (Å²) in [5, 5.41) is 3.36. The molecule has 0 bridgehead atoms. The molecule has 6 nitrogen and oxygen atoms in total. The number of ether oxygens (including phenoxy) is 3. The number of benzene rings is 3. The molecule has 1 amide bonds. The van der Waals surface area contributed by atoms with Crippen LogP contribution in [0.4, 0.5) is 5.69 Å². The maximum Gasteiger partial charge on any atom is 0.264 e. The average Bonchev–Trinajstić information content (AvgIpc) is 3.18. The Morgan fingerprint density at radius 1 is 1.03 bits per heavy atom. The van der Waals surface area contributed by atoms with E-state index in [1.54, 1.807) is 7.11 Å². The molecule has 1 heterocycles. The zero-order valence-corrected chi connectivity index (χ0v) is 24.1. The van der Waals surface area contributed by atoms with E-state index in [2.05, 4.69) is 79.8 Å². The monoisotopic (exact) mass is 712 g/mol. The fourth-order valence-corrected chi connectivity index (χ4v) is 5.20. The largest absolute Gasteiger partial charge is 0.497 e. The van der Waals surface area contributed by atoms with Gasteiger partial charge in [0.15, 0.2) is 16.7 Å². The summed E-state index contributed by atoms with van der Waals surface area (Å²) in [6.45, 7) is 2.88. The second kappa shape index (κ2) is 12.1. The van der Waals surface area contributed by atoms with Crippen LogP contribution in [-0.2, 0) is 11.4 Å². The van der Waals surface area contributed by atoms with Crippen molar-refractivity contribution in [2.45, 2.75) is 13.5 Å². The highest BCUT2D eigenvalue weighted by atomic mass is 127. The van der Waals surface area contributed by atoms with Gasteiger partial charge in [0.25, 0.3) is 5.91 Å². The van der Waals surface area contributed by atoms with Crippen molar-refractivity contribution >= 4 is 79.8 Å². The molecule has 1 N–H and O–H groups in total. The second-order valence-electron chi connectivity index (χ2n) is 7.36. The standard InChI is InChI=1S/C26H22I2N2O4S/c1-3-33-22-13-17(12-21(28)24(22)34-15-16-4-6-18(27)7-5-16)14-23-25(31)30-26(35-23)29-19-8-10-20(32-2)11-9-19/h4-14H,3,15H2,1-2H3,(H,29,30,31)/b23-14+. The third-order valence-electron chi connectivity index (χ3n) is 4.88. The van der Waals surface area contributed by atoms with Crippen molar-refractivity contribution in [2.75, 3.05) is 13.7 Å². The zero-order chi connectivity index (χ0) is 24.8. The molecule has 0 aromatic heterocycles. The third-order valence-corrected chi connectivity index (χ3v) is 7.31. The first-order chi connectivity index (χ1) is 16.9. The van der Waals surface area contributed by atoms with Crippen LogP contribution in [0.2, 0.25) is 0 Å². The second-order valence-corrected chi connectivity index (χ2v) is 10.8. The molecule has 4 rings (SSSR count). The number of methoxy groups -OCH3 is 1. The van der Waals surface area contributed by atoms with Gasteiger partial charge >= 0.3 is 0 Å². The summed E-state index contributed by atoms with van der Waals surface area (Å²) in [5.74, 6) is 1.91. The van der Waals surface area contributed by atoms with Gasteiger partial charge in [-0.3, -0.25) is 4.79 Å². The van der Waals surface area contributed by atoms with Crippen molar-refractivity contribution in [3.05, 3.63) is 83.8 Å². The van der Waals surface area contributed by atoms with Crippen molar-refractivity contribution in [1.82, 2.24) is 5.32 Å². The van der Waals surface area contributed by atoms with Crippen molar-refractivity contribution < 1.29 is 19.0 Å². The number of halogens is 2. The first-order valence-corrected chi connectivity index (χ1v) is 13.7. The van der Waals surface area contributed by atoms with Crippen LogP contribution in [0.25, 0.3) is 6.08 Å². The van der Waals surface area contributed by atoms with Crippen LogP contribution >= 0.6 is 56.9 Å². The van der Waals surface area contributed by atoms with Gasteiger partial charge in [-0.05, 0) is 130 Å². The number of nitrogens with one attached hydrogen (secondary N) is 1. The molecule has 0 aliphatic carbocycles. The third kappa shape index (κ3) is 6.91. The number of nitrogens with zero attached hydrogens (tertiary/aromatic N) is 1. The summed E-state index contributed by atoms with van der Waals surface area (Å²) < 4.78 is 19.3. The zero-order valence-electron chi connectivity index (χ0n) is 19.0. The molecule has 9 heteroatoms. The normalized spacial score (nSPS) is 15.4. The van der Waals surface area contributed by atoms with Crippen LogP contribution in [0.3, 0.4) is 0 Å². The van der Waals surface area contributed by atoms with Crippen molar-refractivity contribution in [2.24, 2.45) is 4.99 Å². The van der Waals surface area contributed by atoms with Gasteiger partial charge in [-0.25, -0.2) is 4.99 Å². The summed E-state index contributed by atoms with van der Waals surface area (Å²) in [4.78, 5) is 17.6. The van der Waals surface area contributed by atoms with E-state index in [-0.39, 0.29) is 5.91 Å². The summed E-state index contributed by atoms with van der Waals surface area (Å²) in [6.07, 6.45) is 1.84. The van der Waals surface area contributed by atoms with Gasteiger partial charge in [-0.2, -0.15) is 0 Å². The van der Waals surface area contributed by atoms with E-state index in [0.717, 1.165) is 26.1 Å². The van der Waals surface area contributed by atoms with E-state index in [1.807, 2.05) is 49.4 Å². The highest BCUT2D eigenvalue weighted by Gasteiger charge is 2.24. The van der Waals surface area contributed by atoms with Crippen LogP contribution in [0, 0.1) is 7.14 Å². The minimum atomic E-state index is -0.186. The summed E-state index contributed by atoms with van der Waals surface area (Å²) in [6, 6.07) is 19.4. The lowest BCUT2D eigenvalue weighted by molar-refractivity contribution is -0.115. The average molecular weight is 712 g/mol. The Labute approximate surface area is 235 Å². The van der Waals surface area contributed by atoms with Gasteiger partial charge in [0.1, 0.15) is 12.4 Å². The minimum Gasteiger partial charge on any atom is -0.497 e. The summed E-state index contributed by atoms with van der Waals surface area (Å²) in [7, 11) is 1.62. The SMILES string of the molecule is CCOc1cc(/C=C2/SC(=Nc3ccc(OC)cc3)NC2=O)cc(I)c1OCc1ccc(I)cc1. The molecule has 0 unspecified atom stereocenters. The van der Waals surface area contributed by atoms with Crippen LogP contribution in [0.15, 0.2) is 70.6 Å². The molecule has 1 aliphatic rings. The number of aliphatic imine (C=N–C) groups is 1. The molecule has 0 radical (unpaired) electrons. The van der Waals surface area contributed by atoms with Gasteiger partial charge in [-0.1, -0.05) is 12.1 Å². The first kappa shape index (κ1) is 25.8. The quantitative estimate of drug-likeness (QED) is 0.206. The summed E-state index contributed by atoms with van der Waals surface area (Å²) in [5.41, 5.74) is 2.66. The number of thioether (sulfide) groups is 1. The maximum atomic E-state index is 12.6. The number of rotatable bonds is 8. The number of amides is 1. The van der Waals surface area contributed by atoms with Gasteiger partial charge in [0.2, 0.25) is 0 Å². The molecule has 3 aromatic rings. The molecule has 1 saturated heterocycles. The van der Waals surface area contributed by atoms with Crippen molar-refractivity contribution in [3.63, 3.8) is 0 Å². The lowest BCUT2D eigenvalue weighted by Gasteiger charge is -2.15. The molecule has 0 spiro atoms. The number of carbonyl (C=O) groups excluding carboxylic acids is 1. The molecule has 0 atom stereocenters. The van der Waals surface area contributed by atoms with E-state index >= 15 is 0 Å². The Balaban J connectivity index is 1.53. The van der Waals surface area contributed by atoms with Gasteiger partial charge in [-0.15, -0.1) is 0 Å². The fraction of sp³-hybridized carbons (Fsp3) is 0.154. The molecular weight excluding hydrogens is 690 g/mol. The van der Waals surface area contributed by atoms with Crippen LogP contribution < -0.4 is 19.5 Å². The predicted molar refractivity (Wildman–Crippen MR) is 158 cm³/mol. The molecule has 35 heavy (non-hydrogen) atoms. The Kier molecular flexibility index (Phi) is 8.95. The van der Waals surface area contributed by atoms with Crippen LogP contribution in [0.5, 0.6) is 17.2 Å². The topological polar surface area (TPSA) is 69.2 Å². The van der Waals surface area contributed by atoms with E-state index in [1.165, 1.54) is 15.3 Å². The van der Waals surface area contributed by atoms with Gasteiger partial charge in [0.05, 0.1) is 27.9 Å². The van der Waals surface area contributed by atoms with Crippen molar-refractivity contribution in [3.8, 4) is 17.2 Å². The minimum absolute atomic E-state index is 0.186. The van der Waals surface area contributed by atoms with E-state index < -0.39 is 0 Å². The smallest absolute Gasteiger partial charge is 0.264 e. The Morgan fingerprint density at radius 2 is 1.77 bits per heavy atom. The molecule has 180 valence electrons. The first-order valence-electron chi connectivity index (χ1n) is 10.7. The Bertz CT molecular complexity index is 1280. The van der Waals surface area contributed by atoms with E-state index in [9.17, 15) is 4.79 Å². The molecular formula is C26H22I2N2O4S. The van der Waals surface area contributed by atoms with E-state index in [0.29, 0.717) is 34.8 Å². The predicted octanol–water partition coefficient (Wildman–Crippen LogP) is 6.77. The van der Waals surface area contributed by atoms with Crippen LogP contribution in [0.1, 0.15) is 18.1 Å². The Hall–Kier alpha value is -2.25. The highest BCUT2D eigenvalue weighted by molar-refractivity contribution is 14.1. The number of hydrogen-bond acceptors (Lipinski definition) is 6. The molecule has 0 saturated carbocycles. The number of carbonyl (C=O) groups is 1. The highest BCUT2D eigenvalue weighted by Crippen LogP contribution is 2.37.